The molecule has 188 valence electrons. The lowest BCUT2D eigenvalue weighted by Gasteiger charge is -2.48. The Bertz CT molecular complexity index is 1540. The van der Waals surface area contributed by atoms with E-state index in [4.69, 9.17) is 0 Å². The summed E-state index contributed by atoms with van der Waals surface area (Å²) in [5.41, 5.74) is 4.27. The van der Waals surface area contributed by atoms with Gasteiger partial charge in [-0.25, -0.2) is 0 Å². The number of carbonyl (C=O) groups is 1. The zero-order valence-corrected chi connectivity index (χ0v) is 21.3. The molecule has 0 aromatic heterocycles. The molecule has 3 aromatic carbocycles. The van der Waals surface area contributed by atoms with Crippen LogP contribution in [0.4, 0.5) is 0 Å². The number of phenolic OH excluding ortho intramolecular Hbond substituents is 2. The summed E-state index contributed by atoms with van der Waals surface area (Å²) in [6.45, 7) is 7.81. The number of allylic oxidation sites excluding steroid dienone is 4. The minimum atomic E-state index is -1.55. The van der Waals surface area contributed by atoms with Gasteiger partial charge in [-0.05, 0) is 74.2 Å². The number of fused-ring (bicyclic) bond motifs is 3. The largest absolute Gasteiger partial charge is 0.508 e. The SMILES string of the molecule is Cc1ccc(C)c(/C=C/[C@@]23C(=O)C=CC(O)=C2c2c(O)ccc(O)c2[C@H](O)[C@@H]3c2cc(C)ccc2C)c1. The van der Waals surface area contributed by atoms with Gasteiger partial charge in [0.1, 0.15) is 17.3 Å². The first-order valence-electron chi connectivity index (χ1n) is 12.3. The number of hydrogen-bond acceptors (Lipinski definition) is 5. The molecule has 0 amide bonds. The topological polar surface area (TPSA) is 98.0 Å². The fourth-order valence-electron chi connectivity index (χ4n) is 5.87. The molecule has 0 spiro atoms. The summed E-state index contributed by atoms with van der Waals surface area (Å²) in [7, 11) is 0. The summed E-state index contributed by atoms with van der Waals surface area (Å²) < 4.78 is 0. The van der Waals surface area contributed by atoms with Crippen LogP contribution in [0.5, 0.6) is 11.5 Å². The fourth-order valence-corrected chi connectivity index (χ4v) is 5.87. The average molecular weight is 495 g/mol. The van der Waals surface area contributed by atoms with Crippen LogP contribution in [0.25, 0.3) is 11.6 Å². The molecule has 5 rings (SSSR count). The second-order valence-electron chi connectivity index (χ2n) is 10.2. The lowest BCUT2D eigenvalue weighted by molar-refractivity contribution is -0.121. The van der Waals surface area contributed by atoms with Crippen LogP contribution in [0, 0.1) is 33.1 Å². The van der Waals surface area contributed by atoms with Gasteiger partial charge in [0.2, 0.25) is 0 Å². The smallest absolute Gasteiger partial charge is 0.171 e. The highest BCUT2D eigenvalue weighted by molar-refractivity contribution is 6.12. The van der Waals surface area contributed by atoms with E-state index in [2.05, 4.69) is 0 Å². The molecule has 0 saturated carbocycles. The number of benzene rings is 3. The average Bonchev–Trinajstić information content (AvgIpc) is 2.86. The van der Waals surface area contributed by atoms with E-state index in [9.17, 15) is 25.2 Å². The van der Waals surface area contributed by atoms with E-state index in [1.165, 1.54) is 24.3 Å². The highest BCUT2D eigenvalue weighted by Gasteiger charge is 2.57. The van der Waals surface area contributed by atoms with Crippen molar-refractivity contribution in [3.63, 3.8) is 0 Å². The van der Waals surface area contributed by atoms with Crippen LogP contribution < -0.4 is 0 Å². The predicted molar refractivity (Wildman–Crippen MR) is 144 cm³/mol. The Morgan fingerprint density at radius 2 is 1.46 bits per heavy atom. The van der Waals surface area contributed by atoms with Crippen molar-refractivity contribution in [3.8, 4) is 11.5 Å². The molecule has 2 aliphatic rings. The third-order valence-corrected chi connectivity index (χ3v) is 7.75. The van der Waals surface area contributed by atoms with Gasteiger partial charge in [0.25, 0.3) is 0 Å². The Morgan fingerprint density at radius 3 is 2.19 bits per heavy atom. The van der Waals surface area contributed by atoms with Crippen molar-refractivity contribution in [2.45, 2.75) is 39.7 Å². The number of hydrogen-bond donors (Lipinski definition) is 4. The molecule has 0 fully saturated rings. The highest BCUT2D eigenvalue weighted by Crippen LogP contribution is 2.64. The quantitative estimate of drug-likeness (QED) is 0.322. The molecule has 3 atom stereocenters. The first kappa shape index (κ1) is 24.6. The van der Waals surface area contributed by atoms with Crippen LogP contribution in [0.2, 0.25) is 0 Å². The Balaban J connectivity index is 1.92. The summed E-state index contributed by atoms with van der Waals surface area (Å²) in [5.74, 6) is -1.87. The Hall–Kier alpha value is -4.09. The van der Waals surface area contributed by atoms with Crippen LogP contribution >= 0.6 is 0 Å². The van der Waals surface area contributed by atoms with E-state index in [0.29, 0.717) is 0 Å². The molecule has 0 bridgehead atoms. The van der Waals surface area contributed by atoms with Gasteiger partial charge in [0, 0.05) is 22.6 Å². The summed E-state index contributed by atoms with van der Waals surface area (Å²) in [4.78, 5) is 14.1. The van der Waals surface area contributed by atoms with E-state index in [-0.39, 0.29) is 39.7 Å². The van der Waals surface area contributed by atoms with E-state index < -0.39 is 17.4 Å². The fraction of sp³-hybridized carbons (Fsp3) is 0.219. The summed E-state index contributed by atoms with van der Waals surface area (Å²) in [6.07, 6.45) is 4.88. The molecule has 0 saturated heterocycles. The molecule has 0 aliphatic heterocycles. The number of aryl methyl sites for hydroxylation is 4. The van der Waals surface area contributed by atoms with Crippen LogP contribution in [0.15, 0.2) is 72.5 Å². The van der Waals surface area contributed by atoms with E-state index in [1.54, 1.807) is 6.08 Å². The highest BCUT2D eigenvalue weighted by atomic mass is 16.3. The molecule has 2 aliphatic carbocycles. The van der Waals surface area contributed by atoms with Gasteiger partial charge in [-0.15, -0.1) is 0 Å². The molecule has 5 heteroatoms. The van der Waals surface area contributed by atoms with Crippen molar-refractivity contribution in [2.24, 2.45) is 5.41 Å². The molecule has 3 aromatic rings. The standard InChI is InChI=1S/C32H30O5/c1-17-5-7-19(3)21(15-17)13-14-32-26(36)12-11-25(35)30(32)27-23(33)9-10-24(34)28(27)31(37)29(32)22-16-18(2)6-8-20(22)4/h5-16,29,31,33-35,37H,1-4H3/b14-13+/t29-,31-,32-/m0/s1. The molecule has 0 radical (unpaired) electrons. The molecule has 5 nitrogen and oxygen atoms in total. The number of carbonyl (C=O) groups excluding carboxylic acids is 1. The Morgan fingerprint density at radius 1 is 0.811 bits per heavy atom. The van der Waals surface area contributed by atoms with Crippen LogP contribution in [-0.2, 0) is 4.79 Å². The monoisotopic (exact) mass is 494 g/mol. The van der Waals surface area contributed by atoms with E-state index in [1.807, 2.05) is 70.2 Å². The van der Waals surface area contributed by atoms with Crippen molar-refractivity contribution >= 4 is 17.4 Å². The molecule has 0 unspecified atom stereocenters. The van der Waals surface area contributed by atoms with Crippen molar-refractivity contribution in [3.05, 3.63) is 117 Å². The van der Waals surface area contributed by atoms with Gasteiger partial charge in [-0.1, -0.05) is 59.7 Å². The van der Waals surface area contributed by atoms with Gasteiger partial charge in [0.15, 0.2) is 5.78 Å². The van der Waals surface area contributed by atoms with Gasteiger partial charge in [0.05, 0.1) is 11.5 Å². The number of aliphatic hydroxyl groups is 2. The van der Waals surface area contributed by atoms with Crippen LogP contribution in [0.3, 0.4) is 0 Å². The number of phenols is 2. The van der Waals surface area contributed by atoms with Crippen molar-refractivity contribution in [1.29, 1.82) is 0 Å². The van der Waals surface area contributed by atoms with Crippen LogP contribution in [-0.4, -0.2) is 26.2 Å². The number of rotatable bonds is 3. The van der Waals surface area contributed by atoms with Crippen molar-refractivity contribution in [1.82, 2.24) is 0 Å². The van der Waals surface area contributed by atoms with Gasteiger partial charge in [-0.2, -0.15) is 0 Å². The first-order chi connectivity index (χ1) is 17.6. The van der Waals surface area contributed by atoms with Crippen molar-refractivity contribution in [2.75, 3.05) is 0 Å². The second kappa shape index (κ2) is 8.79. The normalized spacial score (nSPS) is 22.9. The van der Waals surface area contributed by atoms with E-state index >= 15 is 0 Å². The molecule has 0 heterocycles. The first-order valence-corrected chi connectivity index (χ1v) is 12.3. The minimum absolute atomic E-state index is 0.0786. The number of ketones is 1. The summed E-state index contributed by atoms with van der Waals surface area (Å²) >= 11 is 0. The minimum Gasteiger partial charge on any atom is -0.508 e. The lowest BCUT2D eigenvalue weighted by atomic mass is 9.54. The summed E-state index contributed by atoms with van der Waals surface area (Å²) in [6, 6.07) is 14.5. The van der Waals surface area contributed by atoms with Crippen molar-refractivity contribution < 1.29 is 25.2 Å². The Kier molecular flexibility index (Phi) is 5.84. The summed E-state index contributed by atoms with van der Waals surface area (Å²) in [5, 5.41) is 45.0. The van der Waals surface area contributed by atoms with Crippen LogP contribution in [0.1, 0.15) is 56.5 Å². The van der Waals surface area contributed by atoms with E-state index in [0.717, 1.165) is 33.4 Å². The van der Waals surface area contributed by atoms with Gasteiger partial charge in [-0.3, -0.25) is 4.79 Å². The number of aromatic hydroxyl groups is 2. The lowest BCUT2D eigenvalue weighted by Crippen LogP contribution is -2.44. The maximum Gasteiger partial charge on any atom is 0.171 e. The van der Waals surface area contributed by atoms with Gasteiger partial charge < -0.3 is 20.4 Å². The maximum atomic E-state index is 14.1. The third kappa shape index (κ3) is 3.69. The number of aliphatic hydroxyl groups excluding tert-OH is 2. The Labute approximate surface area is 216 Å². The molecule has 37 heavy (non-hydrogen) atoms. The van der Waals surface area contributed by atoms with Gasteiger partial charge >= 0.3 is 0 Å². The molecular weight excluding hydrogens is 464 g/mol. The maximum absolute atomic E-state index is 14.1. The third-order valence-electron chi connectivity index (χ3n) is 7.75. The second-order valence-corrected chi connectivity index (χ2v) is 10.2. The zero-order valence-electron chi connectivity index (χ0n) is 21.3. The predicted octanol–water partition coefficient (Wildman–Crippen LogP) is 6.27. The zero-order chi connectivity index (χ0) is 26.6. The molecule has 4 N–H and O–H groups in total. The molecular formula is C32H30O5.